The van der Waals surface area contributed by atoms with Crippen LogP contribution in [0.15, 0.2) is 22.7 Å². The highest BCUT2D eigenvalue weighted by atomic mass is 79.9. The van der Waals surface area contributed by atoms with E-state index in [1.807, 2.05) is 39.0 Å². The number of nitrogens with one attached hydrogen (secondary N) is 1. The maximum Gasteiger partial charge on any atom is 0.264 e. The third-order valence-electron chi connectivity index (χ3n) is 5.32. The average molecular weight is 487 g/mol. The smallest absolute Gasteiger partial charge is 0.264 e. The lowest BCUT2D eigenvalue weighted by atomic mass is 10.1. The second kappa shape index (κ2) is 8.07. The lowest BCUT2D eigenvalue weighted by Gasteiger charge is -2.17. The lowest BCUT2D eigenvalue weighted by Crippen LogP contribution is -2.34. The molecule has 0 unspecified atom stereocenters. The van der Waals surface area contributed by atoms with E-state index in [0.29, 0.717) is 10.8 Å². The normalized spacial score (nSPS) is 13.5. The van der Waals surface area contributed by atoms with Gasteiger partial charge in [-0.05, 0) is 62.9 Å². The summed E-state index contributed by atoms with van der Waals surface area (Å²) in [6.45, 7) is 5.80. The maximum absolute atomic E-state index is 13.1. The van der Waals surface area contributed by atoms with Gasteiger partial charge in [-0.2, -0.15) is 0 Å². The van der Waals surface area contributed by atoms with Crippen LogP contribution in [0.2, 0.25) is 0 Å². The van der Waals surface area contributed by atoms with E-state index in [0.717, 1.165) is 55.9 Å². The van der Waals surface area contributed by atoms with Crippen LogP contribution in [-0.2, 0) is 4.79 Å². The Hall–Kier alpha value is -2.32. The number of amides is 2. The van der Waals surface area contributed by atoms with Gasteiger partial charge in [0.2, 0.25) is 5.91 Å². The molecule has 0 bridgehead atoms. The first-order chi connectivity index (χ1) is 14.2. The van der Waals surface area contributed by atoms with Gasteiger partial charge in [-0.3, -0.25) is 9.59 Å². The van der Waals surface area contributed by atoms with Crippen molar-refractivity contribution in [2.24, 2.45) is 0 Å². The monoisotopic (exact) mass is 486 g/mol. The predicted molar refractivity (Wildman–Crippen MR) is 123 cm³/mol. The topological polar surface area (TPSA) is 75.2 Å². The van der Waals surface area contributed by atoms with Crippen molar-refractivity contribution >= 4 is 55.0 Å². The molecule has 0 radical (unpaired) electrons. The molecule has 1 N–H and O–H groups in total. The molecule has 1 aliphatic rings. The molecule has 0 saturated heterocycles. The van der Waals surface area contributed by atoms with E-state index < -0.39 is 0 Å². The summed E-state index contributed by atoms with van der Waals surface area (Å²) in [4.78, 5) is 37.9. The highest BCUT2D eigenvalue weighted by molar-refractivity contribution is 9.10. The number of hydrogen-bond donors (Lipinski definition) is 1. The SMILES string of the molecule is Cc1cc(Br)ccc1NC(=O)CN(C)C(=O)c1sc2nc(C3CC3)nc(C)c2c1C. The number of hydrogen-bond acceptors (Lipinski definition) is 5. The van der Waals surface area contributed by atoms with Gasteiger partial charge in [-0.1, -0.05) is 15.9 Å². The van der Waals surface area contributed by atoms with E-state index in [-0.39, 0.29) is 18.4 Å². The second-order valence-electron chi connectivity index (χ2n) is 7.85. The first-order valence-corrected chi connectivity index (χ1v) is 11.4. The Morgan fingerprint density at radius 2 is 1.97 bits per heavy atom. The number of nitrogens with zero attached hydrogens (tertiary/aromatic N) is 3. The lowest BCUT2D eigenvalue weighted by molar-refractivity contribution is -0.116. The van der Waals surface area contributed by atoms with Crippen molar-refractivity contribution < 1.29 is 9.59 Å². The molecule has 4 rings (SSSR count). The number of halogens is 1. The molecule has 1 aromatic carbocycles. The zero-order chi connectivity index (χ0) is 21.6. The van der Waals surface area contributed by atoms with Crippen LogP contribution >= 0.6 is 27.3 Å². The Kier molecular flexibility index (Phi) is 5.63. The van der Waals surface area contributed by atoms with Gasteiger partial charge in [-0.15, -0.1) is 11.3 Å². The van der Waals surface area contributed by atoms with Gasteiger partial charge in [0.1, 0.15) is 10.7 Å². The molecule has 2 heterocycles. The van der Waals surface area contributed by atoms with Crippen molar-refractivity contribution in [1.29, 1.82) is 0 Å². The summed E-state index contributed by atoms with van der Waals surface area (Å²) in [5, 5.41) is 3.83. The standard InChI is InChI=1S/C22H23BrN4O2S/c1-11-9-15(23)7-8-16(11)25-17(28)10-27(4)22(29)19-12(2)18-13(3)24-20(14-5-6-14)26-21(18)30-19/h7-9,14H,5-6,10H2,1-4H3,(H,25,28). The molecule has 2 aromatic heterocycles. The van der Waals surface area contributed by atoms with E-state index in [1.54, 1.807) is 7.05 Å². The number of carbonyl (C=O) groups is 2. The van der Waals surface area contributed by atoms with Crippen LogP contribution in [0.5, 0.6) is 0 Å². The molecule has 0 atom stereocenters. The van der Waals surface area contributed by atoms with Gasteiger partial charge < -0.3 is 10.2 Å². The molecule has 30 heavy (non-hydrogen) atoms. The van der Waals surface area contributed by atoms with Crippen molar-refractivity contribution in [2.45, 2.75) is 39.5 Å². The van der Waals surface area contributed by atoms with E-state index in [9.17, 15) is 9.59 Å². The zero-order valence-corrected chi connectivity index (χ0v) is 19.8. The number of anilines is 1. The summed E-state index contributed by atoms with van der Waals surface area (Å²) in [6.07, 6.45) is 2.27. The maximum atomic E-state index is 13.1. The van der Waals surface area contributed by atoms with Crippen LogP contribution in [0.4, 0.5) is 5.69 Å². The van der Waals surface area contributed by atoms with Crippen LogP contribution in [-0.4, -0.2) is 40.3 Å². The summed E-state index contributed by atoms with van der Waals surface area (Å²) in [5.41, 5.74) is 3.49. The highest BCUT2D eigenvalue weighted by Crippen LogP contribution is 2.40. The molecule has 0 aliphatic heterocycles. The Morgan fingerprint density at radius 3 is 2.63 bits per heavy atom. The highest BCUT2D eigenvalue weighted by Gasteiger charge is 2.29. The number of likely N-dealkylation sites (N-methyl/N-ethyl adjacent to an activating group) is 1. The summed E-state index contributed by atoms with van der Waals surface area (Å²) >= 11 is 4.81. The van der Waals surface area contributed by atoms with Gasteiger partial charge in [0.15, 0.2) is 0 Å². The van der Waals surface area contributed by atoms with E-state index in [1.165, 1.54) is 16.2 Å². The van der Waals surface area contributed by atoms with Crippen molar-refractivity contribution in [1.82, 2.24) is 14.9 Å². The van der Waals surface area contributed by atoms with Crippen LogP contribution in [0, 0.1) is 20.8 Å². The molecule has 8 heteroatoms. The van der Waals surface area contributed by atoms with Gasteiger partial charge in [0, 0.05) is 28.5 Å². The van der Waals surface area contributed by atoms with Gasteiger partial charge in [0.25, 0.3) is 5.91 Å². The Labute approximate surface area is 187 Å². The molecule has 3 aromatic rings. The molecular formula is C22H23BrN4O2S. The van der Waals surface area contributed by atoms with Crippen molar-refractivity contribution in [2.75, 3.05) is 18.9 Å². The number of rotatable bonds is 5. The number of carbonyl (C=O) groups excluding carboxylic acids is 2. The fourth-order valence-electron chi connectivity index (χ4n) is 3.51. The van der Waals surface area contributed by atoms with Crippen molar-refractivity contribution in [3.63, 3.8) is 0 Å². The Morgan fingerprint density at radius 1 is 1.23 bits per heavy atom. The fraction of sp³-hybridized carbons (Fsp3) is 0.364. The quantitative estimate of drug-likeness (QED) is 0.552. The van der Waals surface area contributed by atoms with E-state index in [2.05, 4.69) is 26.2 Å². The average Bonchev–Trinajstić information content (AvgIpc) is 3.47. The summed E-state index contributed by atoms with van der Waals surface area (Å²) in [6, 6.07) is 5.65. The number of benzene rings is 1. The second-order valence-corrected chi connectivity index (χ2v) is 9.76. The number of aryl methyl sites for hydroxylation is 3. The van der Waals surface area contributed by atoms with Crippen LogP contribution in [0.1, 0.15) is 51.1 Å². The third-order valence-corrected chi connectivity index (χ3v) is 6.98. The van der Waals surface area contributed by atoms with Crippen LogP contribution in [0.25, 0.3) is 10.2 Å². The summed E-state index contributed by atoms with van der Waals surface area (Å²) in [7, 11) is 1.65. The zero-order valence-electron chi connectivity index (χ0n) is 17.4. The van der Waals surface area contributed by atoms with Gasteiger partial charge in [0.05, 0.1) is 17.1 Å². The minimum absolute atomic E-state index is 0.0278. The first kappa shape index (κ1) is 20.9. The largest absolute Gasteiger partial charge is 0.332 e. The molecular weight excluding hydrogens is 464 g/mol. The van der Waals surface area contributed by atoms with Gasteiger partial charge in [-0.25, -0.2) is 9.97 Å². The molecule has 156 valence electrons. The number of thiophene rings is 1. The van der Waals surface area contributed by atoms with Gasteiger partial charge >= 0.3 is 0 Å². The first-order valence-electron chi connectivity index (χ1n) is 9.83. The van der Waals surface area contributed by atoms with Crippen molar-refractivity contribution in [3.8, 4) is 0 Å². The van der Waals surface area contributed by atoms with Crippen LogP contribution in [0.3, 0.4) is 0 Å². The summed E-state index contributed by atoms with van der Waals surface area (Å²) in [5.74, 6) is 0.938. The molecule has 1 saturated carbocycles. The Bertz CT molecular complexity index is 1170. The Balaban J connectivity index is 1.52. The molecule has 6 nitrogen and oxygen atoms in total. The molecule has 0 spiro atoms. The third kappa shape index (κ3) is 4.11. The minimum Gasteiger partial charge on any atom is -0.332 e. The molecule has 1 aliphatic carbocycles. The predicted octanol–water partition coefficient (Wildman–Crippen LogP) is 4.97. The molecule has 2 amide bonds. The fourth-order valence-corrected chi connectivity index (χ4v) is 5.21. The van der Waals surface area contributed by atoms with E-state index >= 15 is 0 Å². The van der Waals surface area contributed by atoms with E-state index in [4.69, 9.17) is 4.98 Å². The summed E-state index contributed by atoms with van der Waals surface area (Å²) < 4.78 is 0.953. The molecule has 1 fully saturated rings. The minimum atomic E-state index is -0.234. The van der Waals surface area contributed by atoms with Crippen molar-refractivity contribution in [3.05, 3.63) is 50.2 Å². The van der Waals surface area contributed by atoms with Crippen LogP contribution < -0.4 is 5.32 Å². The number of fused-ring (bicyclic) bond motifs is 1. The number of aromatic nitrogens is 2.